The highest BCUT2D eigenvalue weighted by Crippen LogP contribution is 2.42. The highest BCUT2D eigenvalue weighted by atomic mass is 32.1. The van der Waals surface area contributed by atoms with Gasteiger partial charge in [-0.1, -0.05) is 18.2 Å². The summed E-state index contributed by atoms with van der Waals surface area (Å²) in [5, 5.41) is 6.28. The van der Waals surface area contributed by atoms with Gasteiger partial charge >= 0.3 is 0 Å². The minimum atomic E-state index is -0.101. The third-order valence-electron chi connectivity index (χ3n) is 4.78. The Bertz CT molecular complexity index is 993. The predicted octanol–water partition coefficient (Wildman–Crippen LogP) is 4.35. The molecule has 1 fully saturated rings. The Morgan fingerprint density at radius 1 is 1.11 bits per heavy atom. The molecular formula is C21H18N2O3S. The topological polar surface area (TPSA) is 60.5 Å². The Labute approximate surface area is 161 Å². The van der Waals surface area contributed by atoms with Gasteiger partial charge in [0.25, 0.3) is 5.91 Å². The molecule has 5 nitrogen and oxygen atoms in total. The Morgan fingerprint density at radius 3 is 2.74 bits per heavy atom. The number of rotatable bonds is 5. The molecule has 1 N–H and O–H groups in total. The van der Waals surface area contributed by atoms with Crippen molar-refractivity contribution in [1.82, 2.24) is 10.3 Å². The van der Waals surface area contributed by atoms with Crippen LogP contribution in [-0.4, -0.2) is 17.7 Å². The number of carbonyl (C=O) groups is 1. The van der Waals surface area contributed by atoms with Gasteiger partial charge in [-0.15, -0.1) is 11.3 Å². The average molecular weight is 378 g/mol. The maximum absolute atomic E-state index is 12.4. The molecule has 6 heteroatoms. The van der Waals surface area contributed by atoms with Crippen molar-refractivity contribution in [3.8, 4) is 22.8 Å². The molecule has 1 saturated carbocycles. The molecule has 0 bridgehead atoms. The lowest BCUT2D eigenvalue weighted by Gasteiger charge is -2.07. The summed E-state index contributed by atoms with van der Waals surface area (Å²) in [6.07, 6.45) is 2.52. The van der Waals surface area contributed by atoms with Crippen molar-refractivity contribution >= 4 is 17.2 Å². The van der Waals surface area contributed by atoms with Crippen LogP contribution in [0.5, 0.6) is 11.5 Å². The van der Waals surface area contributed by atoms with E-state index in [4.69, 9.17) is 14.5 Å². The summed E-state index contributed by atoms with van der Waals surface area (Å²) in [4.78, 5) is 17.1. The molecule has 0 atom stereocenters. The highest BCUT2D eigenvalue weighted by Gasteiger charge is 2.26. The molecule has 2 aromatic carbocycles. The van der Waals surface area contributed by atoms with Gasteiger partial charge in [-0.2, -0.15) is 0 Å². The summed E-state index contributed by atoms with van der Waals surface area (Å²) in [6, 6.07) is 13.3. The number of hydrogen-bond donors (Lipinski definition) is 1. The number of thiazole rings is 1. The molecular weight excluding hydrogens is 360 g/mol. The fourth-order valence-electron chi connectivity index (χ4n) is 3.07. The Balaban J connectivity index is 1.23. The van der Waals surface area contributed by atoms with E-state index in [9.17, 15) is 4.79 Å². The zero-order valence-corrected chi connectivity index (χ0v) is 15.4. The van der Waals surface area contributed by atoms with Gasteiger partial charge in [0.15, 0.2) is 11.5 Å². The summed E-state index contributed by atoms with van der Waals surface area (Å²) in [5.74, 6) is 2.04. The van der Waals surface area contributed by atoms with E-state index in [1.165, 1.54) is 17.8 Å². The van der Waals surface area contributed by atoms with Crippen molar-refractivity contribution in [2.45, 2.75) is 25.3 Å². The Kier molecular flexibility index (Phi) is 4.05. The van der Waals surface area contributed by atoms with Gasteiger partial charge in [0.1, 0.15) is 0 Å². The zero-order valence-electron chi connectivity index (χ0n) is 14.6. The van der Waals surface area contributed by atoms with E-state index < -0.39 is 0 Å². The summed E-state index contributed by atoms with van der Waals surface area (Å²) >= 11 is 1.73. The molecule has 1 aromatic heterocycles. The number of benzene rings is 2. The van der Waals surface area contributed by atoms with Crippen molar-refractivity contribution < 1.29 is 14.3 Å². The van der Waals surface area contributed by atoms with Crippen molar-refractivity contribution in [3.63, 3.8) is 0 Å². The third kappa shape index (κ3) is 3.40. The molecule has 2 heterocycles. The van der Waals surface area contributed by atoms with E-state index in [-0.39, 0.29) is 12.7 Å². The van der Waals surface area contributed by atoms with Gasteiger partial charge in [0.2, 0.25) is 6.79 Å². The molecule has 1 aliphatic heterocycles. The first kappa shape index (κ1) is 16.3. The molecule has 27 heavy (non-hydrogen) atoms. The van der Waals surface area contributed by atoms with Crippen LogP contribution in [0, 0.1) is 0 Å². The number of amides is 1. The predicted molar refractivity (Wildman–Crippen MR) is 103 cm³/mol. The van der Waals surface area contributed by atoms with Crippen molar-refractivity contribution in [3.05, 3.63) is 64.0 Å². The fraction of sp³-hybridized carbons (Fsp3) is 0.238. The summed E-state index contributed by atoms with van der Waals surface area (Å²) in [5.41, 5.74) is 3.65. The van der Waals surface area contributed by atoms with Crippen LogP contribution in [0.25, 0.3) is 11.3 Å². The first-order chi connectivity index (χ1) is 13.3. The molecule has 1 aliphatic carbocycles. The van der Waals surface area contributed by atoms with Crippen molar-refractivity contribution in [1.29, 1.82) is 0 Å². The van der Waals surface area contributed by atoms with Crippen molar-refractivity contribution in [2.24, 2.45) is 0 Å². The molecule has 5 rings (SSSR count). The minimum Gasteiger partial charge on any atom is -0.454 e. The standard InChI is InChI=1S/C21H18N2O3S/c24-20(22-10-13-1-8-18-19(9-13)26-12-25-18)15-4-2-14(3-5-15)17-11-27-21(23-17)16-6-7-16/h1-5,8-9,11,16H,6-7,10,12H2,(H,22,24). The summed E-state index contributed by atoms with van der Waals surface area (Å²) < 4.78 is 10.7. The van der Waals surface area contributed by atoms with Crippen LogP contribution in [0.3, 0.4) is 0 Å². The van der Waals surface area contributed by atoms with Crippen LogP contribution in [0.15, 0.2) is 47.8 Å². The monoisotopic (exact) mass is 378 g/mol. The first-order valence-electron chi connectivity index (χ1n) is 8.99. The Hall–Kier alpha value is -2.86. The quantitative estimate of drug-likeness (QED) is 0.717. The fourth-order valence-corrected chi connectivity index (χ4v) is 4.07. The second-order valence-corrected chi connectivity index (χ2v) is 7.68. The third-order valence-corrected chi connectivity index (χ3v) is 5.79. The van der Waals surface area contributed by atoms with Gasteiger partial charge in [-0.05, 0) is 42.7 Å². The molecule has 136 valence electrons. The highest BCUT2D eigenvalue weighted by molar-refractivity contribution is 7.10. The van der Waals surface area contributed by atoms with Crippen LogP contribution in [0.4, 0.5) is 0 Å². The number of carbonyl (C=O) groups excluding carboxylic acids is 1. The molecule has 2 aliphatic rings. The van der Waals surface area contributed by atoms with Crippen LogP contribution >= 0.6 is 11.3 Å². The second kappa shape index (κ2) is 6.70. The number of nitrogens with one attached hydrogen (secondary N) is 1. The van der Waals surface area contributed by atoms with E-state index in [0.717, 1.165) is 28.3 Å². The molecule has 3 aromatic rings. The van der Waals surface area contributed by atoms with Gasteiger partial charge in [-0.25, -0.2) is 4.98 Å². The maximum atomic E-state index is 12.4. The normalized spacial score (nSPS) is 15.0. The zero-order chi connectivity index (χ0) is 18.2. The molecule has 0 spiro atoms. The smallest absolute Gasteiger partial charge is 0.251 e. The van der Waals surface area contributed by atoms with E-state index in [1.807, 2.05) is 42.5 Å². The lowest BCUT2D eigenvalue weighted by molar-refractivity contribution is 0.0951. The average Bonchev–Trinajstić information content (AvgIpc) is 3.25. The molecule has 1 amide bonds. The second-order valence-electron chi connectivity index (χ2n) is 6.79. The SMILES string of the molecule is O=C(NCc1ccc2c(c1)OCO2)c1ccc(-c2csc(C3CC3)n2)cc1. The van der Waals surface area contributed by atoms with E-state index in [0.29, 0.717) is 18.0 Å². The lowest BCUT2D eigenvalue weighted by Crippen LogP contribution is -2.22. The number of hydrogen-bond acceptors (Lipinski definition) is 5. The van der Waals surface area contributed by atoms with Gasteiger partial charge in [0.05, 0.1) is 10.7 Å². The lowest BCUT2D eigenvalue weighted by atomic mass is 10.1. The number of aromatic nitrogens is 1. The molecule has 0 saturated heterocycles. The van der Waals surface area contributed by atoms with Gasteiger partial charge in [0, 0.05) is 29.0 Å². The number of nitrogens with zero attached hydrogens (tertiary/aromatic N) is 1. The minimum absolute atomic E-state index is 0.101. The van der Waals surface area contributed by atoms with Crippen LogP contribution in [-0.2, 0) is 6.54 Å². The summed E-state index contributed by atoms with van der Waals surface area (Å²) in [7, 11) is 0. The maximum Gasteiger partial charge on any atom is 0.251 e. The summed E-state index contributed by atoms with van der Waals surface area (Å²) in [6.45, 7) is 0.687. The van der Waals surface area contributed by atoms with E-state index >= 15 is 0 Å². The van der Waals surface area contributed by atoms with E-state index in [1.54, 1.807) is 11.3 Å². The van der Waals surface area contributed by atoms with Crippen LogP contribution in [0.1, 0.15) is 39.7 Å². The Morgan fingerprint density at radius 2 is 1.93 bits per heavy atom. The van der Waals surface area contributed by atoms with Crippen LogP contribution in [0.2, 0.25) is 0 Å². The number of fused-ring (bicyclic) bond motifs is 1. The largest absolute Gasteiger partial charge is 0.454 e. The van der Waals surface area contributed by atoms with Gasteiger partial charge in [-0.3, -0.25) is 4.79 Å². The molecule has 0 radical (unpaired) electrons. The van der Waals surface area contributed by atoms with Crippen molar-refractivity contribution in [2.75, 3.05) is 6.79 Å². The first-order valence-corrected chi connectivity index (χ1v) is 9.87. The van der Waals surface area contributed by atoms with E-state index in [2.05, 4.69) is 10.7 Å². The van der Waals surface area contributed by atoms with Crippen LogP contribution < -0.4 is 14.8 Å². The number of ether oxygens (including phenoxy) is 2. The van der Waals surface area contributed by atoms with Gasteiger partial charge < -0.3 is 14.8 Å². The molecule has 0 unspecified atom stereocenters.